The van der Waals surface area contributed by atoms with E-state index in [1.165, 1.54) is 12.0 Å². The Morgan fingerprint density at radius 3 is 2.28 bits per heavy atom. The van der Waals surface area contributed by atoms with Gasteiger partial charge >= 0.3 is 0 Å². The molecule has 0 aliphatic heterocycles. The van der Waals surface area contributed by atoms with Crippen molar-refractivity contribution < 1.29 is 4.79 Å². The molecule has 0 saturated heterocycles. The highest BCUT2D eigenvalue weighted by Crippen LogP contribution is 2.35. The van der Waals surface area contributed by atoms with E-state index in [1.807, 2.05) is 6.92 Å². The Hall–Kier alpha value is -1.11. The maximum Gasteiger partial charge on any atom is 0.166 e. The number of rotatable bonds is 2. The lowest BCUT2D eigenvalue weighted by Gasteiger charge is -2.30. The Morgan fingerprint density at radius 1 is 1.06 bits per heavy atom. The highest BCUT2D eigenvalue weighted by Gasteiger charge is 2.30. The predicted molar refractivity (Wildman–Crippen MR) is 75.9 cm³/mol. The zero-order valence-corrected chi connectivity index (χ0v) is 12.0. The fourth-order valence-corrected chi connectivity index (χ4v) is 3.38. The van der Waals surface area contributed by atoms with Crippen molar-refractivity contribution >= 4 is 5.78 Å². The quantitative estimate of drug-likeness (QED) is 0.697. The summed E-state index contributed by atoms with van der Waals surface area (Å²) in [6.45, 7) is 8.66. The maximum atomic E-state index is 12.7. The van der Waals surface area contributed by atoms with Crippen molar-refractivity contribution in [1.29, 1.82) is 0 Å². The van der Waals surface area contributed by atoms with Crippen molar-refractivity contribution in [2.24, 2.45) is 17.8 Å². The summed E-state index contributed by atoms with van der Waals surface area (Å²) in [7, 11) is 0. The monoisotopic (exact) mass is 244 g/mol. The van der Waals surface area contributed by atoms with Gasteiger partial charge in [-0.05, 0) is 56.6 Å². The Labute approximate surface area is 111 Å². The van der Waals surface area contributed by atoms with Gasteiger partial charge in [0.2, 0.25) is 0 Å². The number of Topliss-reactive ketones (excluding diaryl/α,β-unsaturated/α-hetero) is 1. The fraction of sp³-hybridized carbons (Fsp3) is 0.588. The fourth-order valence-electron chi connectivity index (χ4n) is 3.38. The molecule has 2 rings (SSSR count). The van der Waals surface area contributed by atoms with E-state index in [4.69, 9.17) is 0 Å². The zero-order chi connectivity index (χ0) is 13.3. The molecule has 1 aromatic rings. The van der Waals surface area contributed by atoms with Gasteiger partial charge in [-0.15, -0.1) is 0 Å². The van der Waals surface area contributed by atoms with E-state index in [9.17, 15) is 4.79 Å². The van der Waals surface area contributed by atoms with Crippen molar-refractivity contribution in [1.82, 2.24) is 0 Å². The van der Waals surface area contributed by atoms with Crippen molar-refractivity contribution in [3.8, 4) is 0 Å². The molecule has 18 heavy (non-hydrogen) atoms. The van der Waals surface area contributed by atoms with Crippen molar-refractivity contribution in [2.45, 2.75) is 47.0 Å². The molecule has 1 heteroatoms. The van der Waals surface area contributed by atoms with E-state index in [0.29, 0.717) is 17.6 Å². The van der Waals surface area contributed by atoms with Gasteiger partial charge in [0.25, 0.3) is 0 Å². The lowest BCUT2D eigenvalue weighted by atomic mass is 9.73. The van der Waals surface area contributed by atoms with Crippen LogP contribution in [0.3, 0.4) is 0 Å². The first-order chi connectivity index (χ1) is 8.47. The van der Waals surface area contributed by atoms with Crippen molar-refractivity contribution in [2.75, 3.05) is 0 Å². The smallest absolute Gasteiger partial charge is 0.166 e. The lowest BCUT2D eigenvalue weighted by molar-refractivity contribution is 0.0835. The maximum absolute atomic E-state index is 12.7. The number of aryl methyl sites for hydroxylation is 2. The van der Waals surface area contributed by atoms with Gasteiger partial charge in [-0.3, -0.25) is 4.79 Å². The topological polar surface area (TPSA) is 17.1 Å². The highest BCUT2D eigenvalue weighted by molar-refractivity contribution is 5.99. The molecule has 2 atom stereocenters. The molecule has 0 heterocycles. The highest BCUT2D eigenvalue weighted by atomic mass is 16.1. The number of carbonyl (C=O) groups is 1. The van der Waals surface area contributed by atoms with Crippen LogP contribution in [0.15, 0.2) is 18.2 Å². The summed E-state index contributed by atoms with van der Waals surface area (Å²) in [5, 5.41) is 0. The minimum atomic E-state index is 0.240. The molecule has 0 N–H and O–H groups in total. The van der Waals surface area contributed by atoms with Crippen LogP contribution in [0, 0.1) is 31.6 Å². The summed E-state index contributed by atoms with van der Waals surface area (Å²) in [5.41, 5.74) is 3.25. The Kier molecular flexibility index (Phi) is 3.89. The summed E-state index contributed by atoms with van der Waals surface area (Å²) in [5.74, 6) is 1.99. The summed E-state index contributed by atoms with van der Waals surface area (Å²) >= 11 is 0. The van der Waals surface area contributed by atoms with E-state index in [-0.39, 0.29) is 5.92 Å². The van der Waals surface area contributed by atoms with E-state index >= 15 is 0 Å². The third-order valence-corrected chi connectivity index (χ3v) is 4.21. The van der Waals surface area contributed by atoms with Gasteiger partial charge in [0.05, 0.1) is 0 Å². The van der Waals surface area contributed by atoms with Crippen LogP contribution in [0.4, 0.5) is 0 Å². The molecule has 1 fully saturated rings. The van der Waals surface area contributed by atoms with E-state index in [1.54, 1.807) is 0 Å². The third-order valence-electron chi connectivity index (χ3n) is 4.21. The van der Waals surface area contributed by atoms with Crippen LogP contribution < -0.4 is 0 Å². The molecule has 1 saturated carbocycles. The van der Waals surface area contributed by atoms with E-state index in [2.05, 4.69) is 39.0 Å². The first-order valence-corrected chi connectivity index (χ1v) is 7.09. The number of hydrogen-bond acceptors (Lipinski definition) is 1. The summed E-state index contributed by atoms with van der Waals surface area (Å²) in [6, 6.07) is 6.21. The summed E-state index contributed by atoms with van der Waals surface area (Å²) in [4.78, 5) is 12.7. The molecule has 0 aromatic heterocycles. The minimum Gasteiger partial charge on any atom is -0.294 e. The zero-order valence-electron chi connectivity index (χ0n) is 12.0. The molecule has 98 valence electrons. The molecule has 0 bridgehead atoms. The normalized spacial score (nSPS) is 28.1. The lowest BCUT2D eigenvalue weighted by Crippen LogP contribution is -2.26. The van der Waals surface area contributed by atoms with Crippen molar-refractivity contribution in [3.63, 3.8) is 0 Å². The second-order valence-corrected chi connectivity index (χ2v) is 6.30. The largest absolute Gasteiger partial charge is 0.294 e. The molecule has 1 aliphatic rings. The van der Waals surface area contributed by atoms with Crippen LogP contribution in [-0.2, 0) is 0 Å². The standard InChI is InChI=1S/C17H24O/c1-11-5-6-14(4)16(10-11)17(18)15-8-12(2)7-13(3)9-15/h5-6,10,12-13,15H,7-9H2,1-4H3. The van der Waals surface area contributed by atoms with Crippen LogP contribution in [0.2, 0.25) is 0 Å². The molecule has 1 aliphatic carbocycles. The molecular formula is C17H24O. The molecule has 0 amide bonds. The Bertz CT molecular complexity index is 437. The minimum absolute atomic E-state index is 0.240. The Morgan fingerprint density at radius 2 is 1.67 bits per heavy atom. The molecule has 0 spiro atoms. The van der Waals surface area contributed by atoms with Gasteiger partial charge in [0.15, 0.2) is 5.78 Å². The molecular weight excluding hydrogens is 220 g/mol. The van der Waals surface area contributed by atoms with Gasteiger partial charge in [-0.25, -0.2) is 0 Å². The SMILES string of the molecule is Cc1ccc(C)c(C(=O)C2CC(C)CC(C)C2)c1. The number of benzene rings is 1. The van der Waals surface area contributed by atoms with Crippen LogP contribution in [0.1, 0.15) is 54.6 Å². The van der Waals surface area contributed by atoms with E-state index < -0.39 is 0 Å². The van der Waals surface area contributed by atoms with Gasteiger partial charge < -0.3 is 0 Å². The molecule has 1 aromatic carbocycles. The second-order valence-electron chi connectivity index (χ2n) is 6.30. The van der Waals surface area contributed by atoms with Crippen LogP contribution in [0.25, 0.3) is 0 Å². The van der Waals surface area contributed by atoms with Crippen molar-refractivity contribution in [3.05, 3.63) is 34.9 Å². The number of carbonyl (C=O) groups excluding carboxylic acids is 1. The first-order valence-electron chi connectivity index (χ1n) is 7.09. The van der Waals surface area contributed by atoms with Crippen LogP contribution in [0.5, 0.6) is 0 Å². The van der Waals surface area contributed by atoms with Crippen LogP contribution in [-0.4, -0.2) is 5.78 Å². The molecule has 0 radical (unpaired) electrons. The van der Waals surface area contributed by atoms with Gasteiger partial charge in [-0.1, -0.05) is 31.5 Å². The summed E-state index contributed by atoms with van der Waals surface area (Å²) < 4.78 is 0. The predicted octanol–water partition coefficient (Wildman–Crippen LogP) is 4.56. The Balaban J connectivity index is 2.22. The second kappa shape index (κ2) is 5.26. The summed E-state index contributed by atoms with van der Waals surface area (Å²) in [6.07, 6.45) is 3.41. The first kappa shape index (κ1) is 13.3. The average molecular weight is 244 g/mol. The van der Waals surface area contributed by atoms with Gasteiger partial charge in [-0.2, -0.15) is 0 Å². The van der Waals surface area contributed by atoms with Gasteiger partial charge in [0, 0.05) is 11.5 Å². The third kappa shape index (κ3) is 2.82. The number of hydrogen-bond donors (Lipinski definition) is 0. The van der Waals surface area contributed by atoms with E-state index in [0.717, 1.165) is 24.0 Å². The molecule has 1 nitrogen and oxygen atoms in total. The van der Waals surface area contributed by atoms with Gasteiger partial charge in [0.1, 0.15) is 0 Å². The average Bonchev–Trinajstić information content (AvgIpc) is 2.30. The van der Waals surface area contributed by atoms with Crippen LogP contribution >= 0.6 is 0 Å². The number of ketones is 1. The molecule has 2 unspecified atom stereocenters.